The summed E-state index contributed by atoms with van der Waals surface area (Å²) in [5, 5.41) is 14.9. The lowest BCUT2D eigenvalue weighted by Crippen LogP contribution is -2.29. The van der Waals surface area contributed by atoms with E-state index in [1.807, 2.05) is 13.0 Å². The largest absolute Gasteiger partial charge is 0.342 e. The van der Waals surface area contributed by atoms with Gasteiger partial charge in [0, 0.05) is 17.3 Å². The molecule has 3 rings (SSSR count). The molecule has 2 N–H and O–H groups in total. The van der Waals surface area contributed by atoms with Crippen molar-refractivity contribution in [2.75, 3.05) is 11.1 Å². The van der Waals surface area contributed by atoms with Crippen molar-refractivity contribution in [2.45, 2.75) is 31.6 Å². The molecule has 0 spiro atoms. The summed E-state index contributed by atoms with van der Waals surface area (Å²) in [6, 6.07) is 10.5. The molecule has 3 aromatic rings. The van der Waals surface area contributed by atoms with E-state index in [9.17, 15) is 14.0 Å². The monoisotopic (exact) mass is 487 g/mol. The zero-order valence-electron chi connectivity index (χ0n) is 18.1. The maximum atomic E-state index is 13.9. The molecule has 0 saturated heterocycles. The minimum absolute atomic E-state index is 0.0540. The van der Waals surface area contributed by atoms with Crippen LogP contribution in [0.2, 0.25) is 5.02 Å². The van der Waals surface area contributed by atoms with Crippen LogP contribution in [0.5, 0.6) is 0 Å². The molecule has 10 heteroatoms. The highest BCUT2D eigenvalue weighted by Crippen LogP contribution is 2.23. The maximum Gasteiger partial charge on any atom is 0.254 e. The minimum Gasteiger partial charge on any atom is -0.342 e. The van der Waals surface area contributed by atoms with Gasteiger partial charge in [-0.15, -0.1) is 16.8 Å². The number of nitrogens with one attached hydrogen (secondary N) is 2. The Hall–Kier alpha value is -3.17. The van der Waals surface area contributed by atoms with Crippen LogP contribution < -0.4 is 10.6 Å². The van der Waals surface area contributed by atoms with E-state index in [4.69, 9.17) is 11.6 Å². The van der Waals surface area contributed by atoms with E-state index < -0.39 is 17.8 Å². The van der Waals surface area contributed by atoms with E-state index in [1.165, 1.54) is 30.0 Å². The zero-order valence-corrected chi connectivity index (χ0v) is 19.7. The van der Waals surface area contributed by atoms with Crippen LogP contribution in [0.25, 0.3) is 0 Å². The number of anilines is 1. The lowest BCUT2D eigenvalue weighted by molar-refractivity contribution is -0.113. The number of hydrogen-bond donors (Lipinski definition) is 2. The van der Waals surface area contributed by atoms with Crippen molar-refractivity contribution in [1.29, 1.82) is 0 Å². The van der Waals surface area contributed by atoms with Gasteiger partial charge in [-0.05, 0) is 43.7 Å². The van der Waals surface area contributed by atoms with Crippen LogP contribution in [0.15, 0.2) is 60.3 Å². The van der Waals surface area contributed by atoms with E-state index in [2.05, 4.69) is 27.4 Å². The number of aromatic nitrogens is 3. The van der Waals surface area contributed by atoms with Gasteiger partial charge >= 0.3 is 0 Å². The van der Waals surface area contributed by atoms with Crippen LogP contribution in [0.1, 0.15) is 34.7 Å². The topological polar surface area (TPSA) is 88.9 Å². The SMILES string of the molecule is C=CCn1c(SCC(=O)Nc2cc(Cl)ccc2C)nnc1[C@H](C)NC(=O)c1ccccc1F. The number of thioether (sulfide) groups is 1. The second-order valence-corrected chi connectivity index (χ2v) is 8.59. The standard InChI is InChI=1S/C23H23ClFN5O2S/c1-4-11-30-21(15(3)26-22(32)17-7-5-6-8-18(17)25)28-29-23(30)33-13-20(31)27-19-12-16(24)10-9-14(19)2/h4-10,12,15H,1,11,13H2,2-3H3,(H,26,32)(H,27,31)/t15-/m0/s1. The first-order valence-corrected chi connectivity index (χ1v) is 11.4. The molecule has 33 heavy (non-hydrogen) atoms. The third kappa shape index (κ3) is 6.21. The summed E-state index contributed by atoms with van der Waals surface area (Å²) in [4.78, 5) is 24.9. The molecular weight excluding hydrogens is 465 g/mol. The van der Waals surface area contributed by atoms with E-state index in [-0.39, 0.29) is 17.2 Å². The Labute approximate surface area is 200 Å². The van der Waals surface area contributed by atoms with E-state index >= 15 is 0 Å². The molecular formula is C23H23ClFN5O2S. The molecule has 0 radical (unpaired) electrons. The molecule has 0 aliphatic carbocycles. The number of hydrogen-bond acceptors (Lipinski definition) is 5. The third-order valence-electron chi connectivity index (χ3n) is 4.72. The van der Waals surface area contributed by atoms with Gasteiger partial charge in [-0.2, -0.15) is 0 Å². The van der Waals surface area contributed by atoms with E-state index in [0.717, 1.165) is 5.56 Å². The molecule has 0 fully saturated rings. The second-order valence-electron chi connectivity index (χ2n) is 7.21. The van der Waals surface area contributed by atoms with Gasteiger partial charge < -0.3 is 15.2 Å². The number of benzene rings is 2. The molecule has 7 nitrogen and oxygen atoms in total. The highest BCUT2D eigenvalue weighted by atomic mass is 35.5. The number of amides is 2. The highest BCUT2D eigenvalue weighted by Gasteiger charge is 2.21. The number of halogens is 2. The second kappa shape index (κ2) is 11.1. The summed E-state index contributed by atoms with van der Waals surface area (Å²) in [7, 11) is 0. The molecule has 0 aliphatic heterocycles. The summed E-state index contributed by atoms with van der Waals surface area (Å²) in [5.41, 5.74) is 1.49. The van der Waals surface area contributed by atoms with Crippen molar-refractivity contribution in [2.24, 2.45) is 0 Å². The summed E-state index contributed by atoms with van der Waals surface area (Å²) < 4.78 is 15.7. The van der Waals surface area contributed by atoms with Crippen LogP contribution >= 0.6 is 23.4 Å². The quantitative estimate of drug-likeness (QED) is 0.335. The first-order valence-electron chi connectivity index (χ1n) is 10.1. The summed E-state index contributed by atoms with van der Waals surface area (Å²) >= 11 is 7.21. The molecule has 2 aromatic carbocycles. The number of carbonyl (C=O) groups is 2. The first kappa shape index (κ1) is 24.5. The van der Waals surface area contributed by atoms with Crippen molar-refractivity contribution in [3.8, 4) is 0 Å². The Morgan fingerprint density at radius 2 is 2.03 bits per heavy atom. The lowest BCUT2D eigenvalue weighted by atomic mass is 10.2. The summed E-state index contributed by atoms with van der Waals surface area (Å²) in [5.74, 6) is -0.822. The van der Waals surface area contributed by atoms with Crippen LogP contribution in [0.4, 0.5) is 10.1 Å². The van der Waals surface area contributed by atoms with Crippen LogP contribution in [-0.2, 0) is 11.3 Å². The fourth-order valence-corrected chi connectivity index (χ4v) is 3.98. The van der Waals surface area contributed by atoms with Crippen molar-refractivity contribution in [1.82, 2.24) is 20.1 Å². The Morgan fingerprint density at radius 3 is 2.76 bits per heavy atom. The molecule has 0 saturated carbocycles. The Balaban J connectivity index is 1.69. The third-order valence-corrected chi connectivity index (χ3v) is 5.92. The van der Waals surface area contributed by atoms with E-state index in [1.54, 1.807) is 35.8 Å². The van der Waals surface area contributed by atoms with Crippen molar-refractivity contribution >= 4 is 40.9 Å². The van der Waals surface area contributed by atoms with Gasteiger partial charge in [-0.1, -0.05) is 47.6 Å². The Morgan fingerprint density at radius 1 is 1.27 bits per heavy atom. The van der Waals surface area contributed by atoms with Crippen molar-refractivity contribution in [3.63, 3.8) is 0 Å². The number of carbonyl (C=O) groups excluding carboxylic acids is 2. The van der Waals surface area contributed by atoms with Gasteiger partial charge in [0.2, 0.25) is 5.91 Å². The van der Waals surface area contributed by atoms with Gasteiger partial charge in [-0.25, -0.2) is 4.39 Å². The van der Waals surface area contributed by atoms with Crippen molar-refractivity contribution in [3.05, 3.63) is 82.9 Å². The molecule has 1 atom stereocenters. The smallest absolute Gasteiger partial charge is 0.254 e. The predicted molar refractivity (Wildman–Crippen MR) is 128 cm³/mol. The van der Waals surface area contributed by atoms with Gasteiger partial charge in [0.15, 0.2) is 11.0 Å². The minimum atomic E-state index is -0.605. The average molecular weight is 488 g/mol. The summed E-state index contributed by atoms with van der Waals surface area (Å²) in [6.07, 6.45) is 1.66. The normalized spacial score (nSPS) is 11.6. The number of nitrogens with zero attached hydrogens (tertiary/aromatic N) is 3. The number of rotatable bonds is 9. The molecule has 0 unspecified atom stereocenters. The highest BCUT2D eigenvalue weighted by molar-refractivity contribution is 7.99. The van der Waals surface area contributed by atoms with Crippen LogP contribution in [0, 0.1) is 12.7 Å². The molecule has 0 aliphatic rings. The summed E-state index contributed by atoms with van der Waals surface area (Å²) in [6.45, 7) is 7.73. The molecule has 2 amide bonds. The Bertz CT molecular complexity index is 1180. The average Bonchev–Trinajstić information content (AvgIpc) is 3.18. The number of aryl methyl sites for hydroxylation is 1. The van der Waals surface area contributed by atoms with Gasteiger partial charge in [0.05, 0.1) is 17.4 Å². The van der Waals surface area contributed by atoms with Gasteiger partial charge in [-0.3, -0.25) is 9.59 Å². The zero-order chi connectivity index (χ0) is 24.0. The van der Waals surface area contributed by atoms with Crippen LogP contribution in [0.3, 0.4) is 0 Å². The molecule has 172 valence electrons. The first-order chi connectivity index (χ1) is 15.8. The van der Waals surface area contributed by atoms with Gasteiger partial charge in [0.1, 0.15) is 5.82 Å². The van der Waals surface area contributed by atoms with E-state index in [0.29, 0.717) is 28.2 Å². The molecule has 0 bridgehead atoms. The van der Waals surface area contributed by atoms with Gasteiger partial charge in [0.25, 0.3) is 5.91 Å². The van der Waals surface area contributed by atoms with Crippen LogP contribution in [-0.4, -0.2) is 32.3 Å². The number of allylic oxidation sites excluding steroid dienone is 1. The Kier molecular flexibility index (Phi) is 8.24. The predicted octanol–water partition coefficient (Wildman–Crippen LogP) is 4.79. The van der Waals surface area contributed by atoms with Crippen molar-refractivity contribution < 1.29 is 14.0 Å². The molecule has 1 aromatic heterocycles. The lowest BCUT2D eigenvalue weighted by Gasteiger charge is -2.15. The maximum absolute atomic E-state index is 13.9. The fourth-order valence-electron chi connectivity index (χ4n) is 3.06. The fraction of sp³-hybridized carbons (Fsp3) is 0.217. The molecule has 1 heterocycles.